The van der Waals surface area contributed by atoms with Crippen molar-refractivity contribution in [2.45, 2.75) is 32.4 Å². The van der Waals surface area contributed by atoms with Gasteiger partial charge in [-0.1, -0.05) is 25.6 Å². The molecule has 1 atom stereocenters. The van der Waals surface area contributed by atoms with Crippen molar-refractivity contribution in [3.05, 3.63) is 5.89 Å². The maximum Gasteiger partial charge on any atom is 0.276 e. The second-order valence-corrected chi connectivity index (χ2v) is 4.68. The first-order chi connectivity index (χ1) is 7.22. The minimum absolute atomic E-state index is 0.619. The molecule has 1 rings (SSSR count). The van der Waals surface area contributed by atoms with Crippen molar-refractivity contribution in [1.82, 2.24) is 15.5 Å². The van der Waals surface area contributed by atoms with Gasteiger partial charge in [-0.25, -0.2) is 0 Å². The van der Waals surface area contributed by atoms with Crippen LogP contribution < -0.4 is 5.32 Å². The fraction of sp³-hybridized carbons (Fsp3) is 0.800. The zero-order chi connectivity index (χ0) is 11.1. The van der Waals surface area contributed by atoms with Crippen molar-refractivity contribution in [3.63, 3.8) is 0 Å². The molecule has 15 heavy (non-hydrogen) atoms. The fourth-order valence-electron chi connectivity index (χ4n) is 1.13. The van der Waals surface area contributed by atoms with Gasteiger partial charge in [-0.15, -0.1) is 10.2 Å². The second kappa shape index (κ2) is 6.85. The molecule has 1 aromatic rings. The van der Waals surface area contributed by atoms with Crippen molar-refractivity contribution >= 4 is 11.8 Å². The van der Waals surface area contributed by atoms with E-state index in [0.29, 0.717) is 17.0 Å². The van der Waals surface area contributed by atoms with E-state index >= 15 is 0 Å². The van der Waals surface area contributed by atoms with Crippen molar-refractivity contribution < 1.29 is 4.42 Å². The Morgan fingerprint density at radius 1 is 1.47 bits per heavy atom. The average molecular weight is 229 g/mol. The van der Waals surface area contributed by atoms with E-state index in [1.54, 1.807) is 11.8 Å². The first-order valence-electron chi connectivity index (χ1n) is 5.36. The highest BCUT2D eigenvalue weighted by atomic mass is 32.2. The second-order valence-electron chi connectivity index (χ2n) is 3.71. The summed E-state index contributed by atoms with van der Waals surface area (Å²) >= 11 is 1.63. The van der Waals surface area contributed by atoms with E-state index < -0.39 is 0 Å². The van der Waals surface area contributed by atoms with Crippen LogP contribution >= 0.6 is 11.8 Å². The lowest BCUT2D eigenvalue weighted by Gasteiger charge is -2.09. The average Bonchev–Trinajstić information content (AvgIpc) is 2.62. The first-order valence-corrected chi connectivity index (χ1v) is 6.34. The number of hydrogen-bond donors (Lipinski definition) is 1. The third-order valence-corrected chi connectivity index (χ3v) is 3.07. The van der Waals surface area contributed by atoms with Gasteiger partial charge in [-0.2, -0.15) is 0 Å². The van der Waals surface area contributed by atoms with Gasteiger partial charge in [0.2, 0.25) is 5.89 Å². The monoisotopic (exact) mass is 229 g/mol. The Hall–Kier alpha value is -0.550. The summed E-state index contributed by atoms with van der Waals surface area (Å²) in [4.78, 5) is 0. The summed E-state index contributed by atoms with van der Waals surface area (Å²) in [5.74, 6) is 2.27. The predicted molar refractivity (Wildman–Crippen MR) is 62.1 cm³/mol. The molecule has 0 fully saturated rings. The Labute approximate surface area is 95.2 Å². The molecule has 0 saturated carbocycles. The predicted octanol–water partition coefficient (Wildman–Crippen LogP) is 2.11. The standard InChI is InChI=1S/C10H19N3OS/c1-4-5-11-6-8(2)7-15-10-13-12-9(3)14-10/h8,11H,4-7H2,1-3H3. The molecular formula is C10H19N3OS. The lowest BCUT2D eigenvalue weighted by Crippen LogP contribution is -2.23. The van der Waals surface area contributed by atoms with Gasteiger partial charge in [0, 0.05) is 12.7 Å². The van der Waals surface area contributed by atoms with Gasteiger partial charge in [0.1, 0.15) is 0 Å². The summed E-state index contributed by atoms with van der Waals surface area (Å²) in [6, 6.07) is 0. The van der Waals surface area contributed by atoms with Crippen LogP contribution in [0, 0.1) is 12.8 Å². The summed E-state index contributed by atoms with van der Waals surface area (Å²) in [6.45, 7) is 8.35. The zero-order valence-corrected chi connectivity index (χ0v) is 10.4. The Bertz CT molecular complexity index is 277. The summed E-state index contributed by atoms with van der Waals surface area (Å²) in [5, 5.41) is 11.8. The molecule has 0 saturated heterocycles. The Morgan fingerprint density at radius 2 is 2.27 bits per heavy atom. The van der Waals surface area contributed by atoms with E-state index in [9.17, 15) is 0 Å². The smallest absolute Gasteiger partial charge is 0.276 e. The summed E-state index contributed by atoms with van der Waals surface area (Å²) < 4.78 is 5.28. The van der Waals surface area contributed by atoms with Gasteiger partial charge in [0.15, 0.2) is 0 Å². The molecule has 0 aliphatic carbocycles. The molecule has 0 aromatic carbocycles. The van der Waals surface area contributed by atoms with Crippen LogP contribution in [-0.4, -0.2) is 29.0 Å². The summed E-state index contributed by atoms with van der Waals surface area (Å²) in [5.41, 5.74) is 0. The van der Waals surface area contributed by atoms with E-state index in [-0.39, 0.29) is 0 Å². The number of nitrogens with one attached hydrogen (secondary N) is 1. The number of rotatable bonds is 7. The van der Waals surface area contributed by atoms with Crippen LogP contribution in [-0.2, 0) is 0 Å². The van der Waals surface area contributed by atoms with E-state index in [1.807, 2.05) is 6.92 Å². The number of aryl methyl sites for hydroxylation is 1. The van der Waals surface area contributed by atoms with Crippen molar-refractivity contribution in [3.8, 4) is 0 Å². The molecule has 1 N–H and O–H groups in total. The van der Waals surface area contributed by atoms with Crippen LogP contribution in [0.1, 0.15) is 26.2 Å². The maximum atomic E-state index is 5.28. The quantitative estimate of drug-likeness (QED) is 0.573. The Balaban J connectivity index is 2.13. The van der Waals surface area contributed by atoms with Gasteiger partial charge in [0.05, 0.1) is 0 Å². The molecule has 0 aliphatic heterocycles. The molecule has 0 spiro atoms. The Morgan fingerprint density at radius 3 is 2.87 bits per heavy atom. The minimum atomic E-state index is 0.619. The summed E-state index contributed by atoms with van der Waals surface area (Å²) in [6.07, 6.45) is 1.18. The number of thioether (sulfide) groups is 1. The third-order valence-electron chi connectivity index (χ3n) is 1.92. The zero-order valence-electron chi connectivity index (χ0n) is 9.62. The molecule has 1 unspecified atom stereocenters. The van der Waals surface area contributed by atoms with Gasteiger partial charge in [-0.3, -0.25) is 0 Å². The fourth-order valence-corrected chi connectivity index (χ4v) is 1.96. The lowest BCUT2D eigenvalue weighted by molar-refractivity contribution is 0.428. The molecule has 0 radical (unpaired) electrons. The van der Waals surface area contributed by atoms with Crippen molar-refractivity contribution in [2.24, 2.45) is 5.92 Å². The van der Waals surface area contributed by atoms with Crippen molar-refractivity contribution in [1.29, 1.82) is 0 Å². The molecule has 4 nitrogen and oxygen atoms in total. The van der Waals surface area contributed by atoms with Crippen molar-refractivity contribution in [2.75, 3.05) is 18.8 Å². The number of nitrogens with zero attached hydrogens (tertiary/aromatic N) is 2. The third kappa shape index (κ3) is 5.18. The highest BCUT2D eigenvalue weighted by molar-refractivity contribution is 7.99. The number of aromatic nitrogens is 2. The van der Waals surface area contributed by atoms with Gasteiger partial charge < -0.3 is 9.73 Å². The van der Waals surface area contributed by atoms with Gasteiger partial charge >= 0.3 is 0 Å². The molecule has 0 aliphatic rings. The van der Waals surface area contributed by atoms with E-state index in [4.69, 9.17) is 4.42 Å². The topological polar surface area (TPSA) is 51.0 Å². The van der Waals surface area contributed by atoms with Crippen LogP contribution in [0.3, 0.4) is 0 Å². The van der Waals surface area contributed by atoms with E-state index in [1.165, 1.54) is 6.42 Å². The van der Waals surface area contributed by atoms with Gasteiger partial charge in [-0.05, 0) is 25.4 Å². The van der Waals surface area contributed by atoms with Crippen LogP contribution in [0.5, 0.6) is 0 Å². The van der Waals surface area contributed by atoms with Crippen LogP contribution in [0.15, 0.2) is 9.64 Å². The van der Waals surface area contributed by atoms with Crippen LogP contribution in [0.25, 0.3) is 0 Å². The van der Waals surface area contributed by atoms with Crippen LogP contribution in [0.2, 0.25) is 0 Å². The molecule has 1 heterocycles. The molecule has 0 amide bonds. The molecular weight excluding hydrogens is 210 g/mol. The minimum Gasteiger partial charge on any atom is -0.416 e. The Kier molecular flexibility index (Phi) is 5.71. The van der Waals surface area contributed by atoms with E-state index in [0.717, 1.165) is 18.8 Å². The van der Waals surface area contributed by atoms with E-state index in [2.05, 4.69) is 29.4 Å². The first kappa shape index (κ1) is 12.5. The molecule has 1 aromatic heterocycles. The summed E-state index contributed by atoms with van der Waals surface area (Å²) in [7, 11) is 0. The highest BCUT2D eigenvalue weighted by Crippen LogP contribution is 2.18. The highest BCUT2D eigenvalue weighted by Gasteiger charge is 2.06. The molecule has 86 valence electrons. The number of hydrogen-bond acceptors (Lipinski definition) is 5. The maximum absolute atomic E-state index is 5.28. The van der Waals surface area contributed by atoms with Crippen LogP contribution in [0.4, 0.5) is 0 Å². The van der Waals surface area contributed by atoms with Gasteiger partial charge in [0.25, 0.3) is 5.22 Å². The largest absolute Gasteiger partial charge is 0.416 e. The molecule has 5 heteroatoms. The molecule has 0 bridgehead atoms. The lowest BCUT2D eigenvalue weighted by atomic mass is 10.2. The normalized spacial score (nSPS) is 13.0. The SMILES string of the molecule is CCCNCC(C)CSc1nnc(C)o1.